The van der Waals surface area contributed by atoms with Crippen LogP contribution in [0, 0.1) is 5.92 Å². The van der Waals surface area contributed by atoms with E-state index in [1.807, 2.05) is 36.4 Å². The Labute approximate surface area is 192 Å². The number of fused-ring (bicyclic) bond motifs is 1. The molecule has 2 unspecified atom stereocenters. The number of nitrogens with zero attached hydrogens (tertiary/aromatic N) is 1. The zero-order valence-corrected chi connectivity index (χ0v) is 18.7. The molecule has 3 amide bonds. The molecule has 0 saturated heterocycles. The van der Waals surface area contributed by atoms with Gasteiger partial charge in [-0.1, -0.05) is 50.2 Å². The molecule has 3 rings (SSSR count). The third-order valence-electron chi connectivity index (χ3n) is 5.35. The van der Waals surface area contributed by atoms with Gasteiger partial charge in [0.25, 0.3) is 5.91 Å². The van der Waals surface area contributed by atoms with Gasteiger partial charge in [-0.3, -0.25) is 19.4 Å². The summed E-state index contributed by atoms with van der Waals surface area (Å²) < 4.78 is 5.22. The number of hydrogen-bond acceptors (Lipinski definition) is 6. The summed E-state index contributed by atoms with van der Waals surface area (Å²) in [5.41, 5.74) is 2.35. The van der Waals surface area contributed by atoms with Crippen molar-refractivity contribution in [3.8, 4) is 0 Å². The topological polar surface area (TPSA) is 126 Å². The van der Waals surface area contributed by atoms with E-state index < -0.39 is 35.8 Å². The van der Waals surface area contributed by atoms with Crippen LogP contribution in [0.1, 0.15) is 30.7 Å². The van der Waals surface area contributed by atoms with Crippen LogP contribution in [0.3, 0.4) is 0 Å². The minimum absolute atomic E-state index is 0.0597. The fourth-order valence-electron chi connectivity index (χ4n) is 3.54. The summed E-state index contributed by atoms with van der Waals surface area (Å²) in [6, 6.07) is 10.7. The smallest absolute Gasteiger partial charge is 0.408 e. The van der Waals surface area contributed by atoms with Gasteiger partial charge in [0.15, 0.2) is 0 Å². The Balaban J connectivity index is 1.69. The molecule has 0 radical (unpaired) electrons. The van der Waals surface area contributed by atoms with Gasteiger partial charge in [0.2, 0.25) is 11.7 Å². The molecule has 0 spiro atoms. The van der Waals surface area contributed by atoms with Gasteiger partial charge >= 0.3 is 6.09 Å². The molecule has 2 aromatic rings. The van der Waals surface area contributed by atoms with E-state index in [2.05, 4.69) is 20.9 Å². The Morgan fingerprint density at radius 2 is 1.91 bits per heavy atom. The highest BCUT2D eigenvalue weighted by atomic mass is 16.5. The number of rotatable bonds is 6. The van der Waals surface area contributed by atoms with E-state index in [1.165, 1.54) is 0 Å². The maximum absolute atomic E-state index is 13.0. The second-order valence-corrected chi connectivity index (χ2v) is 8.17. The normalized spacial score (nSPS) is 17.0. The third-order valence-corrected chi connectivity index (χ3v) is 5.35. The van der Waals surface area contributed by atoms with Crippen LogP contribution in [0.15, 0.2) is 48.7 Å². The molecule has 174 valence electrons. The molecule has 2 heterocycles. The molecule has 1 aromatic carbocycles. The Morgan fingerprint density at radius 3 is 2.64 bits per heavy atom. The average molecular weight is 453 g/mol. The van der Waals surface area contributed by atoms with Crippen molar-refractivity contribution in [2.75, 3.05) is 6.54 Å². The molecule has 0 bridgehead atoms. The van der Waals surface area contributed by atoms with Crippen molar-refractivity contribution < 1.29 is 23.9 Å². The molecule has 9 nitrogen and oxygen atoms in total. The molecule has 1 aliphatic heterocycles. The fourth-order valence-corrected chi connectivity index (χ4v) is 3.54. The number of carbonyl (C=O) groups excluding carboxylic acids is 4. The summed E-state index contributed by atoms with van der Waals surface area (Å²) in [5.74, 6) is -2.36. The average Bonchev–Trinajstić information content (AvgIpc) is 2.86. The summed E-state index contributed by atoms with van der Waals surface area (Å²) in [6.07, 6.45) is 1.51. The van der Waals surface area contributed by atoms with E-state index in [0.29, 0.717) is 6.42 Å². The molecular formula is C24H28N4O5. The van der Waals surface area contributed by atoms with E-state index in [-0.39, 0.29) is 25.5 Å². The number of pyridine rings is 1. The van der Waals surface area contributed by atoms with Crippen molar-refractivity contribution in [2.24, 2.45) is 5.92 Å². The summed E-state index contributed by atoms with van der Waals surface area (Å²) in [6.45, 7) is 3.86. The molecule has 33 heavy (non-hydrogen) atoms. The van der Waals surface area contributed by atoms with Crippen LogP contribution in [0.5, 0.6) is 0 Å². The lowest BCUT2D eigenvalue weighted by atomic mass is 9.98. The summed E-state index contributed by atoms with van der Waals surface area (Å²) >= 11 is 0. The number of hydrogen-bond donors (Lipinski definition) is 3. The van der Waals surface area contributed by atoms with Gasteiger partial charge < -0.3 is 20.7 Å². The van der Waals surface area contributed by atoms with Gasteiger partial charge in [-0.2, -0.15) is 0 Å². The van der Waals surface area contributed by atoms with Crippen molar-refractivity contribution in [3.05, 3.63) is 65.5 Å². The zero-order valence-electron chi connectivity index (χ0n) is 18.7. The van der Waals surface area contributed by atoms with Crippen LogP contribution < -0.4 is 16.0 Å². The second-order valence-electron chi connectivity index (χ2n) is 8.17. The summed E-state index contributed by atoms with van der Waals surface area (Å²) in [5, 5.41) is 7.78. The van der Waals surface area contributed by atoms with Gasteiger partial charge in [0, 0.05) is 31.3 Å². The lowest BCUT2D eigenvalue weighted by Gasteiger charge is -2.24. The first-order chi connectivity index (χ1) is 15.8. The predicted molar refractivity (Wildman–Crippen MR) is 120 cm³/mol. The number of ether oxygens (including phenoxy) is 1. The highest BCUT2D eigenvalue weighted by molar-refractivity contribution is 6.38. The van der Waals surface area contributed by atoms with Crippen LogP contribution >= 0.6 is 0 Å². The highest BCUT2D eigenvalue weighted by Gasteiger charge is 2.33. The molecule has 2 atom stereocenters. The molecule has 0 saturated carbocycles. The highest BCUT2D eigenvalue weighted by Crippen LogP contribution is 2.13. The molecule has 1 aromatic heterocycles. The Hall–Kier alpha value is -3.75. The van der Waals surface area contributed by atoms with Crippen molar-refractivity contribution in [1.82, 2.24) is 20.9 Å². The zero-order chi connectivity index (χ0) is 23.8. The van der Waals surface area contributed by atoms with Gasteiger partial charge in [0.05, 0.1) is 0 Å². The molecular weight excluding hydrogens is 424 g/mol. The van der Waals surface area contributed by atoms with E-state index in [9.17, 15) is 19.2 Å². The first-order valence-corrected chi connectivity index (χ1v) is 10.9. The number of Topliss-reactive ketones (excluding diaryl/α,β-unsaturated/α-hetero) is 1. The SMILES string of the molecule is CC(C)C(NC(=O)OCc1ccccc1)C(=O)NC1Cc2cccnc2CCNC(=O)C1=O. The molecule has 0 fully saturated rings. The number of carbonyl (C=O) groups is 4. The third kappa shape index (κ3) is 6.61. The number of alkyl carbamates (subject to hydrolysis) is 1. The van der Waals surface area contributed by atoms with Gasteiger partial charge in [-0.05, 0) is 23.1 Å². The first kappa shape index (κ1) is 23.9. The summed E-state index contributed by atoms with van der Waals surface area (Å²) in [7, 11) is 0. The van der Waals surface area contributed by atoms with Gasteiger partial charge in [-0.25, -0.2) is 4.79 Å². The van der Waals surface area contributed by atoms with Crippen LogP contribution in [-0.4, -0.2) is 47.3 Å². The fraction of sp³-hybridized carbons (Fsp3) is 0.375. The van der Waals surface area contributed by atoms with Gasteiger partial charge in [0.1, 0.15) is 18.7 Å². The lowest BCUT2D eigenvalue weighted by molar-refractivity contribution is -0.140. The minimum atomic E-state index is -1.08. The Morgan fingerprint density at radius 1 is 1.15 bits per heavy atom. The predicted octanol–water partition coefficient (Wildman–Crippen LogP) is 1.30. The van der Waals surface area contributed by atoms with Crippen molar-refractivity contribution in [2.45, 2.75) is 45.4 Å². The maximum atomic E-state index is 13.0. The van der Waals surface area contributed by atoms with Crippen molar-refractivity contribution in [3.63, 3.8) is 0 Å². The number of benzene rings is 1. The number of nitrogens with one attached hydrogen (secondary N) is 3. The minimum Gasteiger partial charge on any atom is -0.445 e. The monoisotopic (exact) mass is 452 g/mol. The van der Waals surface area contributed by atoms with Crippen LogP contribution in [0.2, 0.25) is 0 Å². The lowest BCUT2D eigenvalue weighted by Crippen LogP contribution is -2.56. The summed E-state index contributed by atoms with van der Waals surface area (Å²) in [4.78, 5) is 54.6. The van der Waals surface area contributed by atoms with E-state index in [0.717, 1.165) is 16.8 Å². The van der Waals surface area contributed by atoms with E-state index >= 15 is 0 Å². The van der Waals surface area contributed by atoms with Crippen molar-refractivity contribution >= 4 is 23.7 Å². The number of amides is 3. The van der Waals surface area contributed by atoms with Crippen LogP contribution in [0.25, 0.3) is 0 Å². The maximum Gasteiger partial charge on any atom is 0.408 e. The Bertz CT molecular complexity index is 1010. The van der Waals surface area contributed by atoms with Crippen molar-refractivity contribution in [1.29, 1.82) is 0 Å². The van der Waals surface area contributed by atoms with Crippen LogP contribution in [-0.2, 0) is 38.6 Å². The Kier molecular flexibility index (Phi) is 8.12. The molecule has 1 aliphatic rings. The van der Waals surface area contributed by atoms with Gasteiger partial charge in [-0.15, -0.1) is 0 Å². The second kappa shape index (κ2) is 11.2. The quantitative estimate of drug-likeness (QED) is 0.567. The molecule has 9 heteroatoms. The van der Waals surface area contributed by atoms with E-state index in [4.69, 9.17) is 4.74 Å². The first-order valence-electron chi connectivity index (χ1n) is 10.9. The molecule has 3 N–H and O–H groups in total. The molecule has 0 aliphatic carbocycles. The largest absolute Gasteiger partial charge is 0.445 e. The standard InChI is InChI=1S/C24H28N4O5/c1-15(2)20(28-24(32)33-14-16-7-4-3-5-8-16)22(30)27-19-13-17-9-6-11-25-18(17)10-12-26-23(31)21(19)29/h3-9,11,15,19-20H,10,12-14H2,1-2H3,(H,26,31)(H,27,30)(H,28,32). The number of ketones is 1. The van der Waals surface area contributed by atoms with Crippen LogP contribution in [0.4, 0.5) is 4.79 Å². The number of aromatic nitrogens is 1. The van der Waals surface area contributed by atoms with E-state index in [1.54, 1.807) is 26.1 Å².